The average molecular weight is 370 g/mol. The quantitative estimate of drug-likeness (QED) is 0.683. The fourth-order valence-electron chi connectivity index (χ4n) is 3.23. The van der Waals surface area contributed by atoms with E-state index >= 15 is 0 Å². The second-order valence-electron chi connectivity index (χ2n) is 6.32. The van der Waals surface area contributed by atoms with Gasteiger partial charge in [0.2, 0.25) is 5.89 Å². The van der Waals surface area contributed by atoms with Gasteiger partial charge < -0.3 is 14.1 Å². The highest BCUT2D eigenvalue weighted by molar-refractivity contribution is 7.13. The maximum Gasteiger partial charge on any atom is 0.257 e. The van der Waals surface area contributed by atoms with Gasteiger partial charge in [-0.05, 0) is 30.5 Å². The third-order valence-corrected chi connectivity index (χ3v) is 5.67. The Morgan fingerprint density at radius 3 is 2.69 bits per heavy atom. The molecular formula is C19H22N4O2S. The molecule has 3 heterocycles. The van der Waals surface area contributed by atoms with E-state index in [2.05, 4.69) is 39.1 Å². The van der Waals surface area contributed by atoms with Gasteiger partial charge in [0.15, 0.2) is 0 Å². The zero-order valence-corrected chi connectivity index (χ0v) is 15.8. The summed E-state index contributed by atoms with van der Waals surface area (Å²) in [5.74, 6) is 2.19. The number of benzene rings is 1. The molecule has 6 nitrogen and oxygen atoms in total. The molecule has 136 valence electrons. The first-order valence-electron chi connectivity index (χ1n) is 8.75. The minimum Gasteiger partial charge on any atom is -0.497 e. The van der Waals surface area contributed by atoms with Crippen molar-refractivity contribution >= 4 is 17.0 Å². The van der Waals surface area contributed by atoms with E-state index < -0.39 is 0 Å². The lowest BCUT2D eigenvalue weighted by molar-refractivity contribution is 0.174. The van der Waals surface area contributed by atoms with Crippen molar-refractivity contribution in [1.29, 1.82) is 0 Å². The number of hydrogen-bond donors (Lipinski definition) is 0. The summed E-state index contributed by atoms with van der Waals surface area (Å²) in [7, 11) is 1.70. The van der Waals surface area contributed by atoms with Gasteiger partial charge in [0.05, 0.1) is 18.0 Å². The van der Waals surface area contributed by atoms with E-state index in [0.717, 1.165) is 36.8 Å². The van der Waals surface area contributed by atoms with Crippen LogP contribution in [0, 0.1) is 0 Å². The lowest BCUT2D eigenvalue weighted by Gasteiger charge is -2.38. The number of piperazine rings is 1. The van der Waals surface area contributed by atoms with Crippen molar-refractivity contribution in [3.63, 3.8) is 0 Å². The van der Waals surface area contributed by atoms with Crippen molar-refractivity contribution in [2.75, 3.05) is 38.2 Å². The predicted octanol–water partition coefficient (Wildman–Crippen LogP) is 3.69. The fraction of sp³-hybridized carbons (Fsp3) is 0.368. The van der Waals surface area contributed by atoms with Crippen molar-refractivity contribution < 1.29 is 9.15 Å². The topological polar surface area (TPSA) is 54.6 Å². The van der Waals surface area contributed by atoms with Crippen molar-refractivity contribution in [3.05, 3.63) is 47.7 Å². The average Bonchev–Trinajstić information content (AvgIpc) is 3.39. The Balaban J connectivity index is 1.39. The molecule has 1 fully saturated rings. The SMILES string of the molecule is COc1cccc(N2CCN([C@H](C)c3nnc(-c4cccs4)o3)CC2)c1. The second kappa shape index (κ2) is 7.47. The van der Waals surface area contributed by atoms with Crippen LogP contribution in [0.3, 0.4) is 0 Å². The van der Waals surface area contributed by atoms with Crippen LogP contribution in [0.15, 0.2) is 46.2 Å². The highest BCUT2D eigenvalue weighted by Crippen LogP contribution is 2.28. The molecule has 0 N–H and O–H groups in total. The molecule has 1 aliphatic rings. The predicted molar refractivity (Wildman–Crippen MR) is 103 cm³/mol. The number of ether oxygens (including phenoxy) is 1. The Bertz CT molecular complexity index is 841. The standard InChI is InChI=1S/C19H22N4O2S/c1-14(18-20-21-19(25-18)17-7-4-12-26-17)22-8-10-23(11-9-22)15-5-3-6-16(13-15)24-2/h3-7,12-14H,8-11H2,1-2H3/t14-/m1/s1. The van der Waals surface area contributed by atoms with Crippen LogP contribution in [0.4, 0.5) is 5.69 Å². The third-order valence-electron chi connectivity index (χ3n) is 4.81. The summed E-state index contributed by atoms with van der Waals surface area (Å²) in [6.45, 7) is 5.96. The third kappa shape index (κ3) is 3.45. The summed E-state index contributed by atoms with van der Waals surface area (Å²) in [5, 5.41) is 10.5. The van der Waals surface area contributed by atoms with Crippen LogP contribution < -0.4 is 9.64 Å². The van der Waals surface area contributed by atoms with Crippen molar-refractivity contribution in [1.82, 2.24) is 15.1 Å². The largest absolute Gasteiger partial charge is 0.497 e. The smallest absolute Gasteiger partial charge is 0.257 e. The number of methoxy groups -OCH3 is 1. The van der Waals surface area contributed by atoms with Crippen molar-refractivity contribution in [2.45, 2.75) is 13.0 Å². The van der Waals surface area contributed by atoms with Crippen LogP contribution in [0.25, 0.3) is 10.8 Å². The molecule has 26 heavy (non-hydrogen) atoms. The highest BCUT2D eigenvalue weighted by atomic mass is 32.1. The maximum atomic E-state index is 5.90. The van der Waals surface area contributed by atoms with Crippen molar-refractivity contribution in [2.24, 2.45) is 0 Å². The Labute approximate surface area is 157 Å². The van der Waals surface area contributed by atoms with Gasteiger partial charge >= 0.3 is 0 Å². The molecule has 1 aromatic carbocycles. The van der Waals surface area contributed by atoms with Crippen LogP contribution in [0.5, 0.6) is 5.75 Å². The summed E-state index contributed by atoms with van der Waals surface area (Å²) in [5.41, 5.74) is 1.20. The first kappa shape index (κ1) is 17.1. The molecule has 0 unspecified atom stereocenters. The van der Waals surface area contributed by atoms with Crippen LogP contribution in [-0.4, -0.2) is 48.4 Å². The number of rotatable bonds is 5. The number of aromatic nitrogens is 2. The maximum absolute atomic E-state index is 5.90. The molecule has 4 rings (SSSR count). The Morgan fingerprint density at radius 1 is 1.12 bits per heavy atom. The second-order valence-corrected chi connectivity index (χ2v) is 7.27. The molecule has 7 heteroatoms. The normalized spacial score (nSPS) is 16.6. The zero-order valence-electron chi connectivity index (χ0n) is 15.0. The van der Waals surface area contributed by atoms with Gasteiger partial charge in [0, 0.05) is 37.9 Å². The molecule has 1 saturated heterocycles. The van der Waals surface area contributed by atoms with Gasteiger partial charge in [0.1, 0.15) is 5.75 Å². The molecule has 0 amide bonds. The molecule has 0 aliphatic carbocycles. The highest BCUT2D eigenvalue weighted by Gasteiger charge is 2.26. The monoisotopic (exact) mass is 370 g/mol. The zero-order chi connectivity index (χ0) is 17.9. The van der Waals surface area contributed by atoms with Crippen LogP contribution in [0.1, 0.15) is 18.9 Å². The van der Waals surface area contributed by atoms with Gasteiger partial charge in [-0.2, -0.15) is 0 Å². The van der Waals surface area contributed by atoms with Crippen LogP contribution in [-0.2, 0) is 0 Å². The van der Waals surface area contributed by atoms with E-state index in [1.165, 1.54) is 5.69 Å². The van der Waals surface area contributed by atoms with Gasteiger partial charge in [-0.3, -0.25) is 4.90 Å². The van der Waals surface area contributed by atoms with Gasteiger partial charge in [0.25, 0.3) is 5.89 Å². The van der Waals surface area contributed by atoms with Gasteiger partial charge in [-0.15, -0.1) is 21.5 Å². The van der Waals surface area contributed by atoms with Crippen molar-refractivity contribution in [3.8, 4) is 16.5 Å². The molecule has 0 saturated carbocycles. The summed E-state index contributed by atoms with van der Waals surface area (Å²) >= 11 is 1.61. The Morgan fingerprint density at radius 2 is 1.96 bits per heavy atom. The molecule has 0 bridgehead atoms. The molecule has 2 aromatic heterocycles. The van der Waals surface area contributed by atoms with E-state index in [1.807, 2.05) is 29.6 Å². The number of nitrogens with zero attached hydrogens (tertiary/aromatic N) is 4. The number of anilines is 1. The lowest BCUT2D eigenvalue weighted by Crippen LogP contribution is -2.47. The minimum absolute atomic E-state index is 0.115. The lowest BCUT2D eigenvalue weighted by atomic mass is 10.2. The summed E-state index contributed by atoms with van der Waals surface area (Å²) in [4.78, 5) is 5.79. The van der Waals surface area contributed by atoms with Gasteiger partial charge in [-0.25, -0.2) is 0 Å². The van der Waals surface area contributed by atoms with Gasteiger partial charge in [-0.1, -0.05) is 12.1 Å². The van der Waals surface area contributed by atoms with E-state index in [9.17, 15) is 0 Å². The van der Waals surface area contributed by atoms with E-state index in [-0.39, 0.29) is 6.04 Å². The molecule has 1 aliphatic heterocycles. The number of hydrogen-bond acceptors (Lipinski definition) is 7. The van der Waals surface area contributed by atoms with Crippen LogP contribution >= 0.6 is 11.3 Å². The molecular weight excluding hydrogens is 348 g/mol. The number of thiophene rings is 1. The first-order valence-corrected chi connectivity index (χ1v) is 9.63. The van der Waals surface area contributed by atoms with E-state index in [0.29, 0.717) is 11.8 Å². The molecule has 0 spiro atoms. The molecule has 0 radical (unpaired) electrons. The van der Waals surface area contributed by atoms with E-state index in [1.54, 1.807) is 18.4 Å². The summed E-state index contributed by atoms with van der Waals surface area (Å²) < 4.78 is 11.2. The van der Waals surface area contributed by atoms with E-state index in [4.69, 9.17) is 9.15 Å². The first-order chi connectivity index (χ1) is 12.7. The molecule has 3 aromatic rings. The Hall–Kier alpha value is -2.38. The summed E-state index contributed by atoms with van der Waals surface area (Å²) in [6.07, 6.45) is 0. The van der Waals surface area contributed by atoms with Crippen LogP contribution in [0.2, 0.25) is 0 Å². The minimum atomic E-state index is 0.115. The fourth-order valence-corrected chi connectivity index (χ4v) is 3.88. The Kier molecular flexibility index (Phi) is 4.90. The summed E-state index contributed by atoms with van der Waals surface area (Å²) in [6, 6.07) is 12.3. The molecule has 1 atom stereocenters.